The van der Waals surface area contributed by atoms with Crippen molar-refractivity contribution in [3.63, 3.8) is 0 Å². The minimum Gasteiger partial charge on any atom is -0.480 e. The van der Waals surface area contributed by atoms with Crippen LogP contribution in [0.15, 0.2) is 12.2 Å². The molecular weight excluding hydrogens is 284 g/mol. The van der Waals surface area contributed by atoms with E-state index in [2.05, 4.69) is 6.58 Å². The van der Waals surface area contributed by atoms with Gasteiger partial charge in [-0.05, 0) is 13.3 Å². The number of rotatable bonds is 5. The molecule has 0 aliphatic carbocycles. The summed E-state index contributed by atoms with van der Waals surface area (Å²) < 4.78 is 23.0. The van der Waals surface area contributed by atoms with Crippen LogP contribution in [-0.4, -0.2) is 73.0 Å². The second kappa shape index (κ2) is 6.25. The van der Waals surface area contributed by atoms with Crippen molar-refractivity contribution in [1.82, 2.24) is 9.80 Å². The highest BCUT2D eigenvalue weighted by molar-refractivity contribution is 7.91. The monoisotopic (exact) mass is 304 g/mol. The zero-order chi connectivity index (χ0) is 15.5. The van der Waals surface area contributed by atoms with E-state index >= 15 is 0 Å². The molecule has 1 heterocycles. The van der Waals surface area contributed by atoms with Crippen LogP contribution in [0.2, 0.25) is 0 Å². The van der Waals surface area contributed by atoms with E-state index < -0.39 is 34.4 Å². The summed E-state index contributed by atoms with van der Waals surface area (Å²) in [6, 6.07) is -1.06. The Labute approximate surface area is 118 Å². The number of likely N-dealkylation sites (N-methyl/N-ethyl adjacent to an activating group) is 1. The SMILES string of the molecule is C=C(C)CN(C)C(=O)N(CC(=O)O)C1CCS(=O)(=O)C1. The first kappa shape index (κ1) is 16.5. The number of carboxylic acid groups (broad SMARTS) is 1. The molecular formula is C12H20N2O5S. The van der Waals surface area contributed by atoms with Crippen LogP contribution >= 0.6 is 0 Å². The van der Waals surface area contributed by atoms with Crippen molar-refractivity contribution >= 4 is 21.8 Å². The summed E-state index contributed by atoms with van der Waals surface area (Å²) in [6.07, 6.45) is 0.280. The molecule has 114 valence electrons. The Kier molecular flexibility index (Phi) is 5.15. The van der Waals surface area contributed by atoms with Gasteiger partial charge in [0.25, 0.3) is 0 Å². The third-order valence-electron chi connectivity index (χ3n) is 3.03. The minimum absolute atomic E-state index is 0.00866. The number of carbonyl (C=O) groups is 2. The van der Waals surface area contributed by atoms with E-state index in [0.717, 1.165) is 10.5 Å². The number of urea groups is 1. The van der Waals surface area contributed by atoms with E-state index in [0.29, 0.717) is 6.54 Å². The summed E-state index contributed by atoms with van der Waals surface area (Å²) in [7, 11) is -1.64. The van der Waals surface area contributed by atoms with Crippen molar-refractivity contribution in [3.8, 4) is 0 Å². The van der Waals surface area contributed by atoms with Crippen LogP contribution in [0, 0.1) is 0 Å². The summed E-state index contributed by atoms with van der Waals surface area (Å²) in [5, 5.41) is 8.91. The zero-order valence-electron chi connectivity index (χ0n) is 11.7. The van der Waals surface area contributed by atoms with Gasteiger partial charge in [0.1, 0.15) is 6.54 Å². The molecule has 1 unspecified atom stereocenters. The molecule has 1 fully saturated rings. The zero-order valence-corrected chi connectivity index (χ0v) is 12.5. The largest absolute Gasteiger partial charge is 0.480 e. The second-order valence-electron chi connectivity index (χ2n) is 5.17. The molecule has 8 heteroatoms. The Morgan fingerprint density at radius 1 is 1.35 bits per heavy atom. The van der Waals surface area contributed by atoms with Crippen LogP contribution in [-0.2, 0) is 14.6 Å². The molecule has 0 aromatic heterocycles. The molecule has 7 nitrogen and oxygen atoms in total. The van der Waals surface area contributed by atoms with Crippen molar-refractivity contribution in [2.24, 2.45) is 0 Å². The predicted molar refractivity (Wildman–Crippen MR) is 74.2 cm³/mol. The topological polar surface area (TPSA) is 95.0 Å². The maximum Gasteiger partial charge on any atom is 0.323 e. The molecule has 1 rings (SSSR count). The van der Waals surface area contributed by atoms with Gasteiger partial charge >= 0.3 is 12.0 Å². The smallest absolute Gasteiger partial charge is 0.323 e. The Bertz CT molecular complexity index is 514. The maximum absolute atomic E-state index is 12.3. The van der Waals surface area contributed by atoms with E-state index in [-0.39, 0.29) is 17.9 Å². The summed E-state index contributed by atoms with van der Waals surface area (Å²) in [6.45, 7) is 5.25. The first-order valence-corrected chi connectivity index (χ1v) is 8.03. The molecule has 1 aliphatic heterocycles. The number of carbonyl (C=O) groups excluding carboxylic acids is 1. The molecule has 0 radical (unpaired) electrons. The molecule has 20 heavy (non-hydrogen) atoms. The van der Waals surface area contributed by atoms with Crippen LogP contribution in [0.25, 0.3) is 0 Å². The van der Waals surface area contributed by atoms with Gasteiger partial charge in [0.05, 0.1) is 11.5 Å². The number of carboxylic acids is 1. The number of sulfone groups is 1. The minimum atomic E-state index is -3.18. The first-order valence-electron chi connectivity index (χ1n) is 6.20. The molecule has 1 N–H and O–H groups in total. The quantitative estimate of drug-likeness (QED) is 0.732. The van der Waals surface area contributed by atoms with Gasteiger partial charge in [-0.3, -0.25) is 4.79 Å². The Hall–Kier alpha value is -1.57. The fraction of sp³-hybridized carbons (Fsp3) is 0.667. The van der Waals surface area contributed by atoms with Crippen molar-refractivity contribution < 1.29 is 23.1 Å². The van der Waals surface area contributed by atoms with Crippen LogP contribution in [0.5, 0.6) is 0 Å². The normalized spacial score (nSPS) is 20.4. The van der Waals surface area contributed by atoms with Crippen molar-refractivity contribution in [2.75, 3.05) is 31.6 Å². The third-order valence-corrected chi connectivity index (χ3v) is 4.78. The lowest BCUT2D eigenvalue weighted by molar-refractivity contribution is -0.138. The Morgan fingerprint density at radius 2 is 1.95 bits per heavy atom. The standard InChI is InChI=1S/C12H20N2O5S/c1-9(2)6-13(3)12(17)14(7-11(15)16)10-4-5-20(18,19)8-10/h10H,1,4-8H2,2-3H3,(H,15,16). The van der Waals surface area contributed by atoms with E-state index in [1.165, 1.54) is 11.9 Å². The van der Waals surface area contributed by atoms with Crippen molar-refractivity contribution in [3.05, 3.63) is 12.2 Å². The van der Waals surface area contributed by atoms with Gasteiger partial charge in [-0.2, -0.15) is 0 Å². The van der Waals surface area contributed by atoms with E-state index in [9.17, 15) is 18.0 Å². The number of aliphatic carboxylic acids is 1. The molecule has 1 atom stereocenters. The molecule has 1 aliphatic rings. The third kappa shape index (κ3) is 4.52. The van der Waals surface area contributed by atoms with Crippen LogP contribution in [0.1, 0.15) is 13.3 Å². The average Bonchev–Trinajstić information content (AvgIpc) is 2.64. The van der Waals surface area contributed by atoms with E-state index in [1.807, 2.05) is 0 Å². The highest BCUT2D eigenvalue weighted by Crippen LogP contribution is 2.19. The number of hydrogen-bond acceptors (Lipinski definition) is 4. The summed E-state index contributed by atoms with van der Waals surface area (Å²) in [5.41, 5.74) is 0.759. The fourth-order valence-corrected chi connectivity index (χ4v) is 3.94. The highest BCUT2D eigenvalue weighted by Gasteiger charge is 2.36. The number of amides is 2. The second-order valence-corrected chi connectivity index (χ2v) is 7.40. The summed E-state index contributed by atoms with van der Waals surface area (Å²) >= 11 is 0. The van der Waals surface area contributed by atoms with Crippen molar-refractivity contribution in [2.45, 2.75) is 19.4 Å². The van der Waals surface area contributed by atoms with Gasteiger partial charge in [-0.15, -0.1) is 0 Å². The van der Waals surface area contributed by atoms with Gasteiger partial charge in [-0.25, -0.2) is 13.2 Å². The van der Waals surface area contributed by atoms with Crippen LogP contribution in [0.4, 0.5) is 4.79 Å². The number of hydrogen-bond donors (Lipinski definition) is 1. The molecule has 1 saturated heterocycles. The van der Waals surface area contributed by atoms with Crippen molar-refractivity contribution in [1.29, 1.82) is 0 Å². The van der Waals surface area contributed by atoms with Crippen LogP contribution < -0.4 is 0 Å². The molecule has 0 spiro atoms. The van der Waals surface area contributed by atoms with Gasteiger partial charge in [0.2, 0.25) is 0 Å². The molecule has 0 bridgehead atoms. The molecule has 2 amide bonds. The van der Waals surface area contributed by atoms with Gasteiger partial charge in [0, 0.05) is 19.6 Å². The highest BCUT2D eigenvalue weighted by atomic mass is 32.2. The Morgan fingerprint density at radius 3 is 2.35 bits per heavy atom. The van der Waals surface area contributed by atoms with Gasteiger partial charge in [-0.1, -0.05) is 12.2 Å². The lowest BCUT2D eigenvalue weighted by Gasteiger charge is -2.31. The fourth-order valence-electron chi connectivity index (χ4n) is 2.21. The van der Waals surface area contributed by atoms with E-state index in [1.54, 1.807) is 6.92 Å². The Balaban J connectivity index is 2.86. The first-order chi connectivity index (χ1) is 9.12. The van der Waals surface area contributed by atoms with Gasteiger partial charge < -0.3 is 14.9 Å². The molecule has 0 saturated carbocycles. The maximum atomic E-state index is 12.3. The lowest BCUT2D eigenvalue weighted by atomic mass is 10.2. The van der Waals surface area contributed by atoms with Crippen LogP contribution in [0.3, 0.4) is 0 Å². The predicted octanol–water partition coefficient (Wildman–Crippen LogP) is 0.188. The lowest BCUT2D eigenvalue weighted by Crippen LogP contribution is -2.49. The number of nitrogens with zero attached hydrogens (tertiary/aromatic N) is 2. The summed E-state index contributed by atoms with van der Waals surface area (Å²) in [5.74, 6) is -1.34. The summed E-state index contributed by atoms with van der Waals surface area (Å²) in [4.78, 5) is 25.6. The van der Waals surface area contributed by atoms with Gasteiger partial charge in [0.15, 0.2) is 9.84 Å². The molecule has 0 aromatic rings. The molecule has 0 aromatic carbocycles. The average molecular weight is 304 g/mol. The van der Waals surface area contributed by atoms with E-state index in [4.69, 9.17) is 5.11 Å².